The fourth-order valence-corrected chi connectivity index (χ4v) is 1.80. The summed E-state index contributed by atoms with van der Waals surface area (Å²) in [6, 6.07) is 0. The summed E-state index contributed by atoms with van der Waals surface area (Å²) in [5.74, 6) is 0. The van der Waals surface area contributed by atoms with E-state index in [4.69, 9.17) is 14.0 Å². The van der Waals surface area contributed by atoms with Crippen LogP contribution >= 0.6 is 0 Å². The molecule has 1 aliphatic rings. The van der Waals surface area contributed by atoms with Gasteiger partial charge in [-0.25, -0.2) is 0 Å². The molecule has 1 rings (SSSR count). The molecule has 1 saturated heterocycles. The molecule has 0 spiro atoms. The van der Waals surface area contributed by atoms with Crippen LogP contribution in [0.1, 0.15) is 60.8 Å². The van der Waals surface area contributed by atoms with Gasteiger partial charge >= 0.3 is 7.12 Å². The highest BCUT2D eigenvalue weighted by molar-refractivity contribution is 6.54. The van der Waals surface area contributed by atoms with E-state index in [0.717, 1.165) is 24.7 Å². The quantitative estimate of drug-likeness (QED) is 0.534. The van der Waals surface area contributed by atoms with Crippen LogP contribution in [0.25, 0.3) is 0 Å². The van der Waals surface area contributed by atoms with Crippen molar-refractivity contribution < 1.29 is 14.0 Å². The van der Waals surface area contributed by atoms with Gasteiger partial charge in [-0.15, -0.1) is 0 Å². The van der Waals surface area contributed by atoms with Crippen LogP contribution < -0.4 is 0 Å². The SMILES string of the molecule is CCCC/C(=C\OCC)B1OC(C)(C)C(C)(C)O1. The fraction of sp³-hybridized carbons (Fsp3) is 0.857. The summed E-state index contributed by atoms with van der Waals surface area (Å²) in [7, 11) is -0.270. The minimum absolute atomic E-state index is 0.270. The average Bonchev–Trinajstić information content (AvgIpc) is 2.48. The maximum atomic E-state index is 6.05. The zero-order chi connectivity index (χ0) is 13.8. The lowest BCUT2D eigenvalue weighted by molar-refractivity contribution is 0.00578. The number of unbranched alkanes of at least 4 members (excludes halogenated alkanes) is 1. The molecule has 0 N–H and O–H groups in total. The second-order valence-electron chi connectivity index (χ2n) is 5.84. The van der Waals surface area contributed by atoms with Crippen molar-refractivity contribution in [3.8, 4) is 0 Å². The molecule has 4 heteroatoms. The highest BCUT2D eigenvalue weighted by atomic mass is 16.7. The molecule has 0 unspecified atom stereocenters. The second kappa shape index (κ2) is 6.11. The Labute approximate surface area is 112 Å². The van der Waals surface area contributed by atoms with E-state index in [9.17, 15) is 0 Å². The first-order chi connectivity index (χ1) is 8.34. The molecule has 0 saturated carbocycles. The normalized spacial score (nSPS) is 22.3. The van der Waals surface area contributed by atoms with Gasteiger partial charge in [0.05, 0.1) is 24.1 Å². The highest BCUT2D eigenvalue weighted by Crippen LogP contribution is 2.39. The number of rotatable bonds is 6. The van der Waals surface area contributed by atoms with Crippen molar-refractivity contribution in [2.24, 2.45) is 0 Å². The lowest BCUT2D eigenvalue weighted by Crippen LogP contribution is -2.41. The van der Waals surface area contributed by atoms with Crippen LogP contribution in [0.5, 0.6) is 0 Å². The molecule has 1 aliphatic heterocycles. The van der Waals surface area contributed by atoms with E-state index >= 15 is 0 Å². The largest absolute Gasteiger partial charge is 0.502 e. The summed E-state index contributed by atoms with van der Waals surface area (Å²) < 4.78 is 17.5. The summed E-state index contributed by atoms with van der Waals surface area (Å²) >= 11 is 0. The van der Waals surface area contributed by atoms with E-state index < -0.39 is 0 Å². The predicted molar refractivity (Wildman–Crippen MR) is 75.3 cm³/mol. The maximum absolute atomic E-state index is 6.05. The summed E-state index contributed by atoms with van der Waals surface area (Å²) in [5, 5.41) is 0. The number of ether oxygens (including phenoxy) is 1. The van der Waals surface area contributed by atoms with Gasteiger partial charge in [-0.3, -0.25) is 0 Å². The summed E-state index contributed by atoms with van der Waals surface area (Å²) in [4.78, 5) is 0. The average molecular weight is 254 g/mol. The fourth-order valence-electron chi connectivity index (χ4n) is 1.80. The van der Waals surface area contributed by atoms with Crippen LogP contribution in [-0.4, -0.2) is 24.9 Å². The molecule has 0 aromatic rings. The van der Waals surface area contributed by atoms with Crippen LogP contribution in [0.4, 0.5) is 0 Å². The van der Waals surface area contributed by atoms with E-state index in [2.05, 4.69) is 34.6 Å². The first kappa shape index (κ1) is 15.6. The zero-order valence-electron chi connectivity index (χ0n) is 12.7. The van der Waals surface area contributed by atoms with Crippen molar-refractivity contribution in [3.63, 3.8) is 0 Å². The minimum atomic E-state index is -0.283. The highest BCUT2D eigenvalue weighted by Gasteiger charge is 2.52. The van der Waals surface area contributed by atoms with Crippen molar-refractivity contribution in [2.75, 3.05) is 6.61 Å². The monoisotopic (exact) mass is 254 g/mol. The van der Waals surface area contributed by atoms with Gasteiger partial charge < -0.3 is 14.0 Å². The number of allylic oxidation sites excluding steroid dienone is 1. The van der Waals surface area contributed by atoms with Crippen LogP contribution in [0, 0.1) is 0 Å². The third-order valence-electron chi connectivity index (χ3n) is 3.78. The van der Waals surface area contributed by atoms with Crippen LogP contribution in [0.15, 0.2) is 11.7 Å². The van der Waals surface area contributed by atoms with Gasteiger partial charge in [0.25, 0.3) is 0 Å². The van der Waals surface area contributed by atoms with E-state index in [1.165, 1.54) is 0 Å². The molecule has 3 nitrogen and oxygen atoms in total. The number of hydrogen-bond acceptors (Lipinski definition) is 3. The van der Waals surface area contributed by atoms with Gasteiger partial charge in [0.1, 0.15) is 0 Å². The zero-order valence-corrected chi connectivity index (χ0v) is 12.7. The van der Waals surface area contributed by atoms with Crippen LogP contribution in [0.2, 0.25) is 0 Å². The lowest BCUT2D eigenvalue weighted by atomic mass is 9.76. The predicted octanol–water partition coefficient (Wildman–Crippen LogP) is 3.73. The van der Waals surface area contributed by atoms with E-state index in [1.807, 2.05) is 13.2 Å². The first-order valence-corrected chi connectivity index (χ1v) is 7.00. The maximum Gasteiger partial charge on any atom is 0.493 e. The number of hydrogen-bond donors (Lipinski definition) is 0. The Morgan fingerprint density at radius 2 is 1.67 bits per heavy atom. The van der Waals surface area contributed by atoms with Gasteiger partial charge in [-0.05, 0) is 46.5 Å². The molecule has 1 fully saturated rings. The van der Waals surface area contributed by atoms with E-state index in [0.29, 0.717) is 6.61 Å². The molecule has 0 radical (unpaired) electrons. The van der Waals surface area contributed by atoms with Gasteiger partial charge in [-0.1, -0.05) is 19.8 Å². The smallest absolute Gasteiger partial charge is 0.493 e. The van der Waals surface area contributed by atoms with E-state index in [-0.39, 0.29) is 18.3 Å². The first-order valence-electron chi connectivity index (χ1n) is 7.00. The topological polar surface area (TPSA) is 27.7 Å². The summed E-state index contributed by atoms with van der Waals surface area (Å²) in [6.07, 6.45) is 5.07. The van der Waals surface area contributed by atoms with Crippen molar-refractivity contribution >= 4 is 7.12 Å². The molecular weight excluding hydrogens is 227 g/mol. The summed E-state index contributed by atoms with van der Waals surface area (Å²) in [5.41, 5.74) is 0.544. The van der Waals surface area contributed by atoms with Gasteiger partial charge in [0, 0.05) is 0 Å². The minimum Gasteiger partial charge on any atom is -0.502 e. The third kappa shape index (κ3) is 3.52. The summed E-state index contributed by atoms with van der Waals surface area (Å²) in [6.45, 7) is 13.1. The molecule has 0 bridgehead atoms. The van der Waals surface area contributed by atoms with Crippen molar-refractivity contribution in [1.82, 2.24) is 0 Å². The van der Waals surface area contributed by atoms with Crippen molar-refractivity contribution in [1.29, 1.82) is 0 Å². The molecule has 0 atom stereocenters. The van der Waals surface area contributed by atoms with Gasteiger partial charge in [0.2, 0.25) is 0 Å². The van der Waals surface area contributed by atoms with Crippen LogP contribution in [-0.2, 0) is 14.0 Å². The molecule has 0 aromatic heterocycles. The molecule has 0 aliphatic carbocycles. The Hall–Kier alpha value is -0.475. The Kier molecular flexibility index (Phi) is 5.29. The molecule has 0 amide bonds. The molecule has 104 valence electrons. The van der Waals surface area contributed by atoms with Crippen LogP contribution in [0.3, 0.4) is 0 Å². The Balaban J connectivity index is 2.76. The molecule has 0 aromatic carbocycles. The molecular formula is C14H27BO3. The van der Waals surface area contributed by atoms with Crippen molar-refractivity contribution in [2.45, 2.75) is 72.0 Å². The van der Waals surface area contributed by atoms with Crippen molar-refractivity contribution in [3.05, 3.63) is 11.7 Å². The standard InChI is InChI=1S/C14H27BO3/c1-7-9-10-12(11-16-8-2)15-17-13(3,4)14(5,6)18-15/h11H,7-10H2,1-6H3/b12-11+. The Morgan fingerprint density at radius 3 is 2.11 bits per heavy atom. The molecule has 18 heavy (non-hydrogen) atoms. The van der Waals surface area contributed by atoms with Gasteiger partial charge in [0.15, 0.2) is 0 Å². The van der Waals surface area contributed by atoms with Gasteiger partial charge in [-0.2, -0.15) is 0 Å². The Morgan fingerprint density at radius 1 is 1.11 bits per heavy atom. The Bertz CT molecular complexity index is 281. The third-order valence-corrected chi connectivity index (χ3v) is 3.78. The second-order valence-corrected chi connectivity index (χ2v) is 5.84. The van der Waals surface area contributed by atoms with E-state index in [1.54, 1.807) is 0 Å². The lowest BCUT2D eigenvalue weighted by Gasteiger charge is -2.32. The molecule has 1 heterocycles.